The van der Waals surface area contributed by atoms with Crippen LogP contribution in [0.25, 0.3) is 10.4 Å². The van der Waals surface area contributed by atoms with Crippen LogP contribution in [-0.4, -0.2) is 21.6 Å². The largest absolute Gasteiger partial charge is 0.481 e. The van der Waals surface area contributed by atoms with Gasteiger partial charge in [-0.05, 0) is 24.6 Å². The lowest BCUT2D eigenvalue weighted by atomic mass is 10.2. The van der Waals surface area contributed by atoms with Gasteiger partial charge in [-0.1, -0.05) is 0 Å². The smallest absolute Gasteiger partial charge is 0.212 e. The quantitative estimate of drug-likeness (QED) is 0.722. The Morgan fingerprint density at radius 1 is 1.25 bits per heavy atom. The highest BCUT2D eigenvalue weighted by Gasteiger charge is 2.04. The SMILES string of the molecule is COc1ccc(-c2ccc(CCn3ccnc3)s2)cn1. The average Bonchev–Trinajstić information content (AvgIpc) is 3.17. The van der Waals surface area contributed by atoms with E-state index in [-0.39, 0.29) is 0 Å². The molecule has 102 valence electrons. The molecule has 20 heavy (non-hydrogen) atoms. The molecule has 0 N–H and O–H groups in total. The van der Waals surface area contributed by atoms with Gasteiger partial charge in [0.1, 0.15) is 0 Å². The lowest BCUT2D eigenvalue weighted by Crippen LogP contribution is -1.96. The minimum absolute atomic E-state index is 0.644. The summed E-state index contributed by atoms with van der Waals surface area (Å²) >= 11 is 1.81. The van der Waals surface area contributed by atoms with Crippen LogP contribution in [-0.2, 0) is 13.0 Å². The van der Waals surface area contributed by atoms with E-state index in [0.29, 0.717) is 5.88 Å². The second kappa shape index (κ2) is 5.88. The van der Waals surface area contributed by atoms with E-state index >= 15 is 0 Å². The molecule has 0 amide bonds. The molecule has 0 aliphatic carbocycles. The van der Waals surface area contributed by atoms with Gasteiger partial charge in [0, 0.05) is 46.5 Å². The van der Waals surface area contributed by atoms with E-state index in [9.17, 15) is 0 Å². The van der Waals surface area contributed by atoms with Crippen LogP contribution >= 0.6 is 11.3 Å². The molecule has 3 rings (SSSR count). The highest BCUT2D eigenvalue weighted by molar-refractivity contribution is 7.15. The third kappa shape index (κ3) is 2.88. The number of rotatable bonds is 5. The number of aromatic nitrogens is 3. The maximum Gasteiger partial charge on any atom is 0.212 e. The van der Waals surface area contributed by atoms with E-state index in [2.05, 4.69) is 26.7 Å². The zero-order chi connectivity index (χ0) is 13.8. The molecule has 3 aromatic rings. The molecule has 0 aliphatic heterocycles. The number of methoxy groups -OCH3 is 1. The van der Waals surface area contributed by atoms with Gasteiger partial charge in [0.25, 0.3) is 0 Å². The predicted molar refractivity (Wildman–Crippen MR) is 80.0 cm³/mol. The van der Waals surface area contributed by atoms with Crippen LogP contribution in [0.2, 0.25) is 0 Å². The molecule has 4 nitrogen and oxygen atoms in total. The number of hydrogen-bond acceptors (Lipinski definition) is 4. The van der Waals surface area contributed by atoms with E-state index in [4.69, 9.17) is 4.74 Å². The van der Waals surface area contributed by atoms with Gasteiger partial charge in [-0.25, -0.2) is 9.97 Å². The molecule has 0 aliphatic rings. The summed E-state index contributed by atoms with van der Waals surface area (Å²) in [5.74, 6) is 0.644. The number of imidazole rings is 1. The Bertz CT molecular complexity index is 659. The fourth-order valence-corrected chi connectivity index (χ4v) is 2.96. The third-order valence-corrected chi connectivity index (χ3v) is 4.26. The van der Waals surface area contributed by atoms with Crippen LogP contribution in [0.3, 0.4) is 0 Å². The van der Waals surface area contributed by atoms with Crippen molar-refractivity contribution in [1.82, 2.24) is 14.5 Å². The summed E-state index contributed by atoms with van der Waals surface area (Å²) in [6.07, 6.45) is 8.52. The second-order valence-corrected chi connectivity index (χ2v) is 5.57. The van der Waals surface area contributed by atoms with Crippen molar-refractivity contribution in [1.29, 1.82) is 0 Å². The van der Waals surface area contributed by atoms with Crippen LogP contribution in [0, 0.1) is 0 Å². The molecule has 0 fully saturated rings. The summed E-state index contributed by atoms with van der Waals surface area (Å²) < 4.78 is 7.17. The van der Waals surface area contributed by atoms with Gasteiger partial charge in [0.15, 0.2) is 0 Å². The van der Waals surface area contributed by atoms with Gasteiger partial charge in [-0.3, -0.25) is 0 Å². The first-order chi connectivity index (χ1) is 9.85. The first-order valence-corrected chi connectivity index (χ1v) is 7.21. The molecule has 0 bridgehead atoms. The zero-order valence-corrected chi connectivity index (χ0v) is 12.0. The Morgan fingerprint density at radius 3 is 2.90 bits per heavy atom. The van der Waals surface area contributed by atoms with Crippen molar-refractivity contribution in [2.75, 3.05) is 7.11 Å². The summed E-state index contributed by atoms with van der Waals surface area (Å²) in [6.45, 7) is 0.959. The van der Waals surface area contributed by atoms with E-state index in [0.717, 1.165) is 18.5 Å². The standard InChI is InChI=1S/C15H15N3OS/c1-19-15-5-2-12(10-17-15)14-4-3-13(20-14)6-8-18-9-7-16-11-18/h2-5,7,9-11H,6,8H2,1H3. The molecule has 0 unspecified atom stereocenters. The number of pyridine rings is 1. The Hall–Kier alpha value is -2.14. The lowest BCUT2D eigenvalue weighted by Gasteiger charge is -2.00. The molecule has 0 spiro atoms. The fraction of sp³-hybridized carbons (Fsp3) is 0.200. The number of nitrogens with zero attached hydrogens (tertiary/aromatic N) is 3. The fourth-order valence-electron chi connectivity index (χ4n) is 1.97. The summed E-state index contributed by atoms with van der Waals surface area (Å²) in [6, 6.07) is 8.26. The highest BCUT2D eigenvalue weighted by atomic mass is 32.1. The second-order valence-electron chi connectivity index (χ2n) is 4.41. The van der Waals surface area contributed by atoms with Gasteiger partial charge < -0.3 is 9.30 Å². The maximum absolute atomic E-state index is 5.07. The van der Waals surface area contributed by atoms with Crippen LogP contribution in [0.15, 0.2) is 49.2 Å². The van der Waals surface area contributed by atoms with Gasteiger partial charge in [0.2, 0.25) is 5.88 Å². The van der Waals surface area contributed by atoms with Gasteiger partial charge in [-0.15, -0.1) is 11.3 Å². The summed E-state index contributed by atoms with van der Waals surface area (Å²) in [5.41, 5.74) is 1.13. The monoisotopic (exact) mass is 285 g/mol. The van der Waals surface area contributed by atoms with Crippen molar-refractivity contribution in [2.45, 2.75) is 13.0 Å². The minimum atomic E-state index is 0.644. The van der Waals surface area contributed by atoms with Gasteiger partial charge >= 0.3 is 0 Å². The number of thiophene rings is 1. The van der Waals surface area contributed by atoms with Crippen molar-refractivity contribution >= 4 is 11.3 Å². The molecule has 0 saturated carbocycles. The number of aryl methyl sites for hydroxylation is 2. The molecule has 5 heteroatoms. The van der Waals surface area contributed by atoms with Crippen molar-refractivity contribution < 1.29 is 4.74 Å². The van der Waals surface area contributed by atoms with E-state index < -0.39 is 0 Å². The third-order valence-electron chi connectivity index (χ3n) is 3.07. The molecule has 3 aromatic heterocycles. The number of hydrogen-bond donors (Lipinski definition) is 0. The van der Waals surface area contributed by atoms with Crippen LogP contribution in [0.5, 0.6) is 5.88 Å². The minimum Gasteiger partial charge on any atom is -0.481 e. The van der Waals surface area contributed by atoms with Crippen molar-refractivity contribution in [3.8, 4) is 16.3 Å². The van der Waals surface area contributed by atoms with Crippen LogP contribution in [0.1, 0.15) is 4.88 Å². The van der Waals surface area contributed by atoms with E-state index in [1.165, 1.54) is 9.75 Å². The Kier molecular flexibility index (Phi) is 3.78. The first-order valence-electron chi connectivity index (χ1n) is 6.40. The molecule has 0 atom stereocenters. The molecular weight excluding hydrogens is 270 g/mol. The lowest BCUT2D eigenvalue weighted by molar-refractivity contribution is 0.398. The normalized spacial score (nSPS) is 10.7. The molecule has 0 saturated heterocycles. The highest BCUT2D eigenvalue weighted by Crippen LogP contribution is 2.28. The Morgan fingerprint density at radius 2 is 2.20 bits per heavy atom. The predicted octanol–water partition coefficient (Wildman–Crippen LogP) is 3.26. The molecule has 3 heterocycles. The van der Waals surface area contributed by atoms with Crippen molar-refractivity contribution in [3.05, 3.63) is 54.1 Å². The number of ether oxygens (including phenoxy) is 1. The Balaban J connectivity index is 1.69. The summed E-state index contributed by atoms with van der Waals surface area (Å²) in [5, 5.41) is 0. The van der Waals surface area contributed by atoms with Crippen molar-refractivity contribution in [3.63, 3.8) is 0 Å². The van der Waals surface area contributed by atoms with Crippen LogP contribution < -0.4 is 4.74 Å². The van der Waals surface area contributed by atoms with E-state index in [1.54, 1.807) is 18.4 Å². The van der Waals surface area contributed by atoms with E-state index in [1.807, 2.05) is 37.1 Å². The summed E-state index contributed by atoms with van der Waals surface area (Å²) in [4.78, 5) is 10.9. The van der Waals surface area contributed by atoms with Crippen LogP contribution in [0.4, 0.5) is 0 Å². The Labute approximate surface area is 121 Å². The first kappa shape index (κ1) is 12.9. The van der Waals surface area contributed by atoms with Gasteiger partial charge in [-0.2, -0.15) is 0 Å². The zero-order valence-electron chi connectivity index (χ0n) is 11.2. The maximum atomic E-state index is 5.07. The average molecular weight is 285 g/mol. The summed E-state index contributed by atoms with van der Waals surface area (Å²) in [7, 11) is 1.63. The molecular formula is C15H15N3OS. The molecule has 0 radical (unpaired) electrons. The topological polar surface area (TPSA) is 39.9 Å². The van der Waals surface area contributed by atoms with Gasteiger partial charge in [0.05, 0.1) is 13.4 Å². The van der Waals surface area contributed by atoms with Crippen molar-refractivity contribution in [2.24, 2.45) is 0 Å². The molecule has 0 aromatic carbocycles.